The van der Waals surface area contributed by atoms with E-state index in [1.165, 1.54) is 5.56 Å². The number of unbranched alkanes of at least 4 members (excludes halogenated alkanes) is 1. The van der Waals surface area contributed by atoms with E-state index < -0.39 is 11.3 Å². The topological polar surface area (TPSA) is 52.2 Å². The minimum Gasteiger partial charge on any atom is -0.408 e. The molecule has 0 aliphatic carbocycles. The number of aryl methyl sites for hydroxylation is 1. The summed E-state index contributed by atoms with van der Waals surface area (Å²) in [7, 11) is 0. The Kier molecular flexibility index (Phi) is 5.06. The van der Waals surface area contributed by atoms with Crippen molar-refractivity contribution in [2.24, 2.45) is 0 Å². The highest BCUT2D eigenvalue weighted by Crippen LogP contribution is 2.26. The first-order chi connectivity index (χ1) is 11.5. The molecule has 0 amide bonds. The van der Waals surface area contributed by atoms with E-state index in [0.29, 0.717) is 15.5 Å². The molecule has 2 aromatic carbocycles. The van der Waals surface area contributed by atoms with Crippen LogP contribution in [-0.4, -0.2) is 4.57 Å². The van der Waals surface area contributed by atoms with Crippen LogP contribution in [0.5, 0.6) is 0 Å². The zero-order chi connectivity index (χ0) is 17.3. The summed E-state index contributed by atoms with van der Waals surface area (Å²) >= 11 is 6.67. The van der Waals surface area contributed by atoms with Crippen molar-refractivity contribution in [1.29, 1.82) is 0 Å². The normalized spacial score (nSPS) is 11.1. The predicted molar refractivity (Wildman–Crippen MR) is 102 cm³/mol. The molecule has 0 aliphatic heterocycles. The number of hydrogen-bond donors (Lipinski definition) is 0. The van der Waals surface area contributed by atoms with Gasteiger partial charge >= 0.3 is 5.76 Å². The van der Waals surface area contributed by atoms with Crippen LogP contribution in [0.1, 0.15) is 25.3 Å². The number of aromatic nitrogens is 1. The van der Waals surface area contributed by atoms with Crippen LogP contribution in [0.3, 0.4) is 0 Å². The molecule has 0 N–H and O–H groups in total. The summed E-state index contributed by atoms with van der Waals surface area (Å²) in [4.78, 5) is 25.1. The largest absolute Gasteiger partial charge is 0.427 e. The zero-order valence-corrected chi connectivity index (χ0v) is 16.2. The van der Waals surface area contributed by atoms with E-state index in [1.807, 2.05) is 12.1 Å². The molecule has 0 spiro atoms. The van der Waals surface area contributed by atoms with Crippen molar-refractivity contribution >= 4 is 42.8 Å². The molecule has 0 unspecified atom stereocenters. The molecule has 3 aromatic rings. The Morgan fingerprint density at radius 1 is 1.08 bits per heavy atom. The molecule has 3 rings (SSSR count). The molecule has 0 aliphatic rings. The van der Waals surface area contributed by atoms with Crippen LogP contribution < -0.4 is 11.3 Å². The first-order valence-electron chi connectivity index (χ1n) is 7.65. The Morgan fingerprint density at radius 3 is 2.46 bits per heavy atom. The molecular weight excluding hydrogens is 438 g/mol. The van der Waals surface area contributed by atoms with E-state index in [-0.39, 0.29) is 5.58 Å². The molecule has 4 nitrogen and oxygen atoms in total. The number of benzene rings is 2. The number of halogens is 2. The summed E-state index contributed by atoms with van der Waals surface area (Å²) in [5.41, 5.74) is 1.55. The maximum absolute atomic E-state index is 12.8. The van der Waals surface area contributed by atoms with Gasteiger partial charge in [-0.05, 0) is 58.6 Å². The zero-order valence-electron chi connectivity index (χ0n) is 13.0. The highest BCUT2D eigenvalue weighted by atomic mass is 79.9. The molecule has 0 fully saturated rings. The van der Waals surface area contributed by atoms with E-state index in [9.17, 15) is 9.59 Å². The van der Waals surface area contributed by atoms with Crippen LogP contribution in [0.2, 0.25) is 0 Å². The Bertz CT molecular complexity index is 1000. The van der Waals surface area contributed by atoms with Gasteiger partial charge in [0.15, 0.2) is 5.58 Å². The van der Waals surface area contributed by atoms with Gasteiger partial charge in [-0.1, -0.05) is 41.4 Å². The second-order valence-electron chi connectivity index (χ2n) is 5.54. The van der Waals surface area contributed by atoms with Crippen LogP contribution in [-0.2, 0) is 6.42 Å². The van der Waals surface area contributed by atoms with Crippen molar-refractivity contribution in [2.75, 3.05) is 0 Å². The number of fused-ring (bicyclic) bond motifs is 1. The molecule has 0 bridgehead atoms. The SMILES string of the molecule is CCCCc1ccc(-n2c(=O)oc3c(Br)cc(Br)cc3c2=O)cc1. The summed E-state index contributed by atoms with van der Waals surface area (Å²) in [5.74, 6) is -0.697. The van der Waals surface area contributed by atoms with Gasteiger partial charge in [-0.15, -0.1) is 0 Å². The third-order valence-corrected chi connectivity index (χ3v) is 4.87. The fourth-order valence-corrected chi connectivity index (χ4v) is 3.88. The van der Waals surface area contributed by atoms with E-state index in [4.69, 9.17) is 4.42 Å². The van der Waals surface area contributed by atoms with Gasteiger partial charge in [0.25, 0.3) is 5.56 Å². The molecule has 6 heteroatoms. The Hall–Kier alpha value is -1.66. The number of nitrogens with zero attached hydrogens (tertiary/aromatic N) is 1. The van der Waals surface area contributed by atoms with Crippen LogP contribution >= 0.6 is 31.9 Å². The van der Waals surface area contributed by atoms with Gasteiger partial charge in [0.05, 0.1) is 15.5 Å². The Balaban J connectivity index is 2.16. The van der Waals surface area contributed by atoms with Crippen LogP contribution in [0.15, 0.2) is 59.3 Å². The fourth-order valence-electron chi connectivity index (χ4n) is 2.57. The second kappa shape index (κ2) is 7.07. The van der Waals surface area contributed by atoms with Crippen LogP contribution in [0.25, 0.3) is 16.7 Å². The molecule has 0 saturated heterocycles. The molecule has 124 valence electrons. The monoisotopic (exact) mass is 451 g/mol. The minimum absolute atomic E-state index is 0.254. The lowest BCUT2D eigenvalue weighted by atomic mass is 10.1. The van der Waals surface area contributed by atoms with Crippen molar-refractivity contribution in [3.8, 4) is 5.69 Å². The number of rotatable bonds is 4. The predicted octanol–water partition coefficient (Wildman–Crippen LogP) is 4.81. The standard InChI is InChI=1S/C18H15Br2NO3/c1-2-3-4-11-5-7-13(8-6-11)21-17(22)14-9-12(19)10-15(20)16(14)24-18(21)23/h5-10H,2-4H2,1H3. The molecule has 0 atom stereocenters. The average Bonchev–Trinajstić information content (AvgIpc) is 2.55. The van der Waals surface area contributed by atoms with Gasteiger partial charge in [0.1, 0.15) is 0 Å². The van der Waals surface area contributed by atoms with Crippen molar-refractivity contribution < 1.29 is 4.42 Å². The summed E-state index contributed by atoms with van der Waals surface area (Å²) in [6, 6.07) is 10.8. The fraction of sp³-hybridized carbons (Fsp3) is 0.222. The smallest absolute Gasteiger partial charge is 0.408 e. The van der Waals surface area contributed by atoms with Gasteiger partial charge < -0.3 is 4.42 Å². The summed E-state index contributed by atoms with van der Waals surface area (Å²) in [6.07, 6.45) is 3.22. The molecule has 1 heterocycles. The summed E-state index contributed by atoms with van der Waals surface area (Å²) < 4.78 is 7.70. The molecular formula is C18H15Br2NO3. The van der Waals surface area contributed by atoms with E-state index >= 15 is 0 Å². The van der Waals surface area contributed by atoms with Gasteiger partial charge in [-0.2, -0.15) is 0 Å². The van der Waals surface area contributed by atoms with Crippen LogP contribution in [0.4, 0.5) is 0 Å². The number of hydrogen-bond acceptors (Lipinski definition) is 3. The highest BCUT2D eigenvalue weighted by Gasteiger charge is 2.14. The van der Waals surface area contributed by atoms with E-state index in [1.54, 1.807) is 24.3 Å². The Labute approximate surface area is 155 Å². The second-order valence-corrected chi connectivity index (χ2v) is 7.31. The first kappa shape index (κ1) is 17.2. The van der Waals surface area contributed by atoms with Crippen molar-refractivity contribution in [3.05, 3.63) is 71.8 Å². The highest BCUT2D eigenvalue weighted by molar-refractivity contribution is 9.11. The van der Waals surface area contributed by atoms with Gasteiger partial charge in [0.2, 0.25) is 0 Å². The lowest BCUT2D eigenvalue weighted by Crippen LogP contribution is -2.31. The van der Waals surface area contributed by atoms with Crippen LogP contribution in [0, 0.1) is 0 Å². The molecule has 24 heavy (non-hydrogen) atoms. The van der Waals surface area contributed by atoms with Gasteiger partial charge in [-0.25, -0.2) is 9.36 Å². The summed E-state index contributed by atoms with van der Waals surface area (Å²) in [6.45, 7) is 2.14. The van der Waals surface area contributed by atoms with Crippen molar-refractivity contribution in [1.82, 2.24) is 4.57 Å². The van der Waals surface area contributed by atoms with E-state index in [0.717, 1.165) is 28.3 Å². The first-order valence-corrected chi connectivity index (χ1v) is 9.24. The lowest BCUT2D eigenvalue weighted by Gasteiger charge is -2.08. The van der Waals surface area contributed by atoms with E-state index in [2.05, 4.69) is 38.8 Å². The summed E-state index contributed by atoms with van der Waals surface area (Å²) in [5, 5.41) is 0.339. The quantitative estimate of drug-likeness (QED) is 0.570. The van der Waals surface area contributed by atoms with Crippen molar-refractivity contribution in [3.63, 3.8) is 0 Å². The van der Waals surface area contributed by atoms with Gasteiger partial charge in [-0.3, -0.25) is 4.79 Å². The third kappa shape index (κ3) is 3.26. The molecule has 0 saturated carbocycles. The maximum Gasteiger partial charge on any atom is 0.427 e. The minimum atomic E-state index is -0.697. The van der Waals surface area contributed by atoms with Crippen molar-refractivity contribution in [2.45, 2.75) is 26.2 Å². The maximum atomic E-state index is 12.8. The average molecular weight is 453 g/mol. The van der Waals surface area contributed by atoms with Gasteiger partial charge in [0, 0.05) is 4.47 Å². The molecule has 0 radical (unpaired) electrons. The third-order valence-electron chi connectivity index (χ3n) is 3.83. The Morgan fingerprint density at radius 2 is 1.79 bits per heavy atom. The lowest BCUT2D eigenvalue weighted by molar-refractivity contribution is 0.502. The molecule has 1 aromatic heterocycles.